The molecule has 0 spiro atoms. The van der Waals surface area contributed by atoms with Crippen LogP contribution < -0.4 is 9.80 Å². The lowest BCUT2D eigenvalue weighted by Crippen LogP contribution is -3.27. The lowest BCUT2D eigenvalue weighted by molar-refractivity contribution is -1.02. The van der Waals surface area contributed by atoms with Gasteiger partial charge in [0.1, 0.15) is 45.1 Å². The van der Waals surface area contributed by atoms with E-state index >= 15 is 0 Å². The van der Waals surface area contributed by atoms with Crippen LogP contribution in [0.1, 0.15) is 11.3 Å². The molecule has 4 heteroatoms. The molecule has 0 atom stereocenters. The van der Waals surface area contributed by atoms with Crippen LogP contribution in [-0.2, 0) is 13.1 Å². The quantitative estimate of drug-likeness (QED) is 0.792. The molecule has 1 fully saturated rings. The predicted molar refractivity (Wildman–Crippen MR) is 79.4 cm³/mol. The molecule has 0 bridgehead atoms. The molecule has 1 aliphatic heterocycles. The van der Waals surface area contributed by atoms with Crippen molar-refractivity contribution in [1.29, 1.82) is 0 Å². The summed E-state index contributed by atoms with van der Waals surface area (Å²) >= 11 is 0. The molecule has 110 valence electrons. The van der Waals surface area contributed by atoms with Crippen molar-refractivity contribution in [2.24, 2.45) is 0 Å². The van der Waals surface area contributed by atoms with Crippen LogP contribution in [0.4, 0.5) is 4.39 Å². The Morgan fingerprint density at radius 2 is 1.67 bits per heavy atom. The second-order valence-electron chi connectivity index (χ2n) is 5.80. The molecule has 1 aliphatic rings. The Morgan fingerprint density at radius 3 is 2.33 bits per heavy atom. The summed E-state index contributed by atoms with van der Waals surface area (Å²) in [5.74, 6) is -0.133. The van der Waals surface area contributed by atoms with Crippen LogP contribution >= 0.6 is 0 Å². The van der Waals surface area contributed by atoms with Crippen LogP contribution in [0, 0.1) is 5.82 Å². The summed E-state index contributed by atoms with van der Waals surface area (Å²) in [6.07, 6.45) is 1.86. The molecule has 1 saturated heterocycles. The highest BCUT2D eigenvalue weighted by atomic mass is 19.1. The third-order valence-corrected chi connectivity index (χ3v) is 4.16. The van der Waals surface area contributed by atoms with E-state index in [0.29, 0.717) is 0 Å². The van der Waals surface area contributed by atoms with Crippen molar-refractivity contribution in [3.8, 4) is 0 Å². The van der Waals surface area contributed by atoms with E-state index in [0.717, 1.165) is 44.8 Å². The van der Waals surface area contributed by atoms with Crippen molar-refractivity contribution in [3.05, 3.63) is 65.7 Å². The van der Waals surface area contributed by atoms with Crippen LogP contribution in [0.15, 0.2) is 48.7 Å². The van der Waals surface area contributed by atoms with Gasteiger partial charge in [-0.15, -0.1) is 0 Å². The summed E-state index contributed by atoms with van der Waals surface area (Å²) in [5, 5.41) is 0. The molecular formula is C17H22FN3+2. The van der Waals surface area contributed by atoms with E-state index in [1.807, 2.05) is 24.4 Å². The summed E-state index contributed by atoms with van der Waals surface area (Å²) in [5.41, 5.74) is 2.26. The van der Waals surface area contributed by atoms with Gasteiger partial charge in [0.05, 0.1) is 5.69 Å². The Kier molecular flexibility index (Phi) is 4.58. The largest absolute Gasteiger partial charge is 0.322 e. The summed E-state index contributed by atoms with van der Waals surface area (Å²) in [4.78, 5) is 7.54. The predicted octanol–water partition coefficient (Wildman–Crippen LogP) is -0.296. The van der Waals surface area contributed by atoms with Crippen molar-refractivity contribution in [1.82, 2.24) is 4.98 Å². The van der Waals surface area contributed by atoms with Crippen molar-refractivity contribution >= 4 is 0 Å². The average molecular weight is 287 g/mol. The van der Waals surface area contributed by atoms with E-state index in [9.17, 15) is 4.39 Å². The second kappa shape index (κ2) is 6.78. The maximum atomic E-state index is 13.2. The number of hydrogen-bond acceptors (Lipinski definition) is 1. The first-order valence-electron chi connectivity index (χ1n) is 7.61. The zero-order valence-corrected chi connectivity index (χ0v) is 12.2. The van der Waals surface area contributed by atoms with Gasteiger partial charge >= 0.3 is 0 Å². The van der Waals surface area contributed by atoms with Gasteiger partial charge in [0.25, 0.3) is 0 Å². The lowest BCUT2D eigenvalue weighted by atomic mass is 10.2. The summed E-state index contributed by atoms with van der Waals surface area (Å²) in [6, 6.07) is 13.1. The smallest absolute Gasteiger partial charge is 0.127 e. The normalized spacial score (nSPS) is 22.1. The van der Waals surface area contributed by atoms with Gasteiger partial charge in [0.2, 0.25) is 0 Å². The zero-order valence-electron chi connectivity index (χ0n) is 12.2. The molecule has 0 saturated carbocycles. The maximum absolute atomic E-state index is 13.2. The average Bonchev–Trinajstić information content (AvgIpc) is 2.50. The van der Waals surface area contributed by atoms with Gasteiger partial charge in [-0.3, -0.25) is 4.98 Å². The van der Waals surface area contributed by atoms with Gasteiger partial charge in [-0.1, -0.05) is 18.2 Å². The Labute approximate surface area is 125 Å². The molecule has 0 radical (unpaired) electrons. The molecule has 2 aromatic rings. The summed E-state index contributed by atoms with van der Waals surface area (Å²) in [6.45, 7) is 6.52. The van der Waals surface area contributed by atoms with Crippen molar-refractivity contribution in [2.75, 3.05) is 26.2 Å². The Balaban J connectivity index is 1.49. The van der Waals surface area contributed by atoms with Crippen LogP contribution in [0.3, 0.4) is 0 Å². The monoisotopic (exact) mass is 287 g/mol. The molecule has 2 heterocycles. The Bertz CT molecular complexity index is 565. The highest BCUT2D eigenvalue weighted by molar-refractivity contribution is 5.14. The first kappa shape index (κ1) is 14.2. The van der Waals surface area contributed by atoms with Crippen LogP contribution in [0.25, 0.3) is 0 Å². The first-order valence-corrected chi connectivity index (χ1v) is 7.61. The molecule has 0 aliphatic carbocycles. The van der Waals surface area contributed by atoms with E-state index < -0.39 is 0 Å². The van der Waals surface area contributed by atoms with E-state index in [1.54, 1.807) is 21.9 Å². The summed E-state index contributed by atoms with van der Waals surface area (Å²) < 4.78 is 13.2. The fraction of sp³-hybridized carbons (Fsp3) is 0.353. The number of quaternary nitrogens is 2. The molecule has 0 unspecified atom stereocenters. The van der Waals surface area contributed by atoms with E-state index in [2.05, 4.69) is 11.1 Å². The third kappa shape index (κ3) is 4.09. The molecule has 3 rings (SSSR count). The number of piperazine rings is 1. The van der Waals surface area contributed by atoms with Gasteiger partial charge < -0.3 is 9.80 Å². The molecular weight excluding hydrogens is 265 g/mol. The van der Waals surface area contributed by atoms with Gasteiger partial charge in [-0.2, -0.15) is 0 Å². The van der Waals surface area contributed by atoms with Crippen molar-refractivity contribution in [3.63, 3.8) is 0 Å². The number of benzene rings is 1. The third-order valence-electron chi connectivity index (χ3n) is 4.16. The Morgan fingerprint density at radius 1 is 0.905 bits per heavy atom. The maximum Gasteiger partial charge on any atom is 0.127 e. The Hall–Kier alpha value is -1.78. The van der Waals surface area contributed by atoms with E-state index in [1.165, 1.54) is 11.8 Å². The van der Waals surface area contributed by atoms with Crippen LogP contribution in [0.2, 0.25) is 0 Å². The standard InChI is InChI=1S/C17H20FN3/c18-16-5-3-4-15(12-16)13-20-8-10-21(11-9-20)14-17-6-1-2-7-19-17/h1-7,12H,8-11,13-14H2/p+2. The van der Waals surface area contributed by atoms with E-state index in [4.69, 9.17) is 0 Å². The number of nitrogens with one attached hydrogen (secondary N) is 2. The number of rotatable bonds is 4. The van der Waals surface area contributed by atoms with Gasteiger partial charge in [-0.25, -0.2) is 4.39 Å². The minimum absolute atomic E-state index is 0.133. The summed E-state index contributed by atoms with van der Waals surface area (Å²) in [7, 11) is 0. The van der Waals surface area contributed by atoms with Crippen LogP contribution in [-0.4, -0.2) is 31.2 Å². The molecule has 1 aromatic heterocycles. The first-order chi connectivity index (χ1) is 10.3. The van der Waals surface area contributed by atoms with Crippen molar-refractivity contribution < 1.29 is 14.2 Å². The molecule has 3 nitrogen and oxygen atoms in total. The minimum atomic E-state index is -0.133. The molecule has 21 heavy (non-hydrogen) atoms. The second-order valence-corrected chi connectivity index (χ2v) is 5.80. The SMILES string of the molecule is Fc1cccc(C[NH+]2CC[NH+](Cc3ccccn3)CC2)c1. The molecule has 2 N–H and O–H groups in total. The van der Waals surface area contributed by atoms with Crippen molar-refractivity contribution in [2.45, 2.75) is 13.1 Å². The van der Waals surface area contributed by atoms with Gasteiger partial charge in [-0.05, 0) is 24.3 Å². The fourth-order valence-electron chi connectivity index (χ4n) is 3.01. The number of hydrogen-bond donors (Lipinski definition) is 2. The van der Waals surface area contributed by atoms with E-state index in [-0.39, 0.29) is 5.82 Å². The highest BCUT2D eigenvalue weighted by Crippen LogP contribution is 2.01. The number of aromatic nitrogens is 1. The number of halogens is 1. The fourth-order valence-corrected chi connectivity index (χ4v) is 3.01. The topological polar surface area (TPSA) is 21.8 Å². The van der Waals surface area contributed by atoms with Crippen LogP contribution in [0.5, 0.6) is 0 Å². The van der Waals surface area contributed by atoms with Gasteiger partial charge in [0, 0.05) is 11.8 Å². The molecule has 1 aromatic carbocycles. The highest BCUT2D eigenvalue weighted by Gasteiger charge is 2.23. The van der Waals surface area contributed by atoms with Gasteiger partial charge in [0.15, 0.2) is 0 Å². The molecule has 0 amide bonds. The zero-order chi connectivity index (χ0) is 14.5. The number of pyridine rings is 1. The number of nitrogens with zero attached hydrogens (tertiary/aromatic N) is 1. The lowest BCUT2D eigenvalue weighted by Gasteiger charge is -2.29. The minimum Gasteiger partial charge on any atom is -0.322 e.